The highest BCUT2D eigenvalue weighted by molar-refractivity contribution is 7.09. The number of hydrogen-bond acceptors (Lipinski definition) is 3. The normalized spacial score (nSPS) is 12.6. The number of rotatable bonds is 6. The molecule has 0 fully saturated rings. The maximum atomic E-state index is 5.87. The van der Waals surface area contributed by atoms with E-state index in [9.17, 15) is 0 Å². The molecule has 0 spiro atoms. The Morgan fingerprint density at radius 3 is 2.78 bits per heavy atom. The second-order valence-corrected chi connectivity index (χ2v) is 5.78. The molecule has 1 N–H and O–H groups in total. The Balaban J connectivity index is 1.71. The number of nitrogens with one attached hydrogen (secondary N) is 1. The predicted molar refractivity (Wildman–Crippen MR) is 78.4 cm³/mol. The molecule has 0 saturated heterocycles. The minimum atomic E-state index is 0.464. The fraction of sp³-hybridized carbons (Fsp3) is 0.357. The van der Waals surface area contributed by atoms with Crippen LogP contribution in [0.3, 0.4) is 0 Å². The number of halogens is 1. The molecule has 0 amide bonds. The van der Waals surface area contributed by atoms with Crippen molar-refractivity contribution in [2.24, 2.45) is 0 Å². The van der Waals surface area contributed by atoms with Crippen LogP contribution in [-0.4, -0.2) is 17.6 Å². The predicted octanol–water partition coefficient (Wildman–Crippen LogP) is 3.56. The third-order valence-corrected chi connectivity index (χ3v) is 3.86. The van der Waals surface area contributed by atoms with Gasteiger partial charge in [0.15, 0.2) is 0 Å². The highest BCUT2D eigenvalue weighted by Crippen LogP contribution is 2.11. The van der Waals surface area contributed by atoms with Crippen molar-refractivity contribution in [3.05, 3.63) is 51.4 Å². The van der Waals surface area contributed by atoms with Gasteiger partial charge in [-0.2, -0.15) is 0 Å². The van der Waals surface area contributed by atoms with Crippen LogP contribution in [0.1, 0.15) is 17.5 Å². The van der Waals surface area contributed by atoms with Gasteiger partial charge in [0.25, 0.3) is 0 Å². The lowest BCUT2D eigenvalue weighted by atomic mass is 10.1. The molecule has 2 nitrogen and oxygen atoms in total. The van der Waals surface area contributed by atoms with E-state index >= 15 is 0 Å². The van der Waals surface area contributed by atoms with Gasteiger partial charge >= 0.3 is 0 Å². The molecule has 0 aliphatic rings. The average Bonchev–Trinajstić information content (AvgIpc) is 2.85. The van der Waals surface area contributed by atoms with Gasteiger partial charge in [-0.3, -0.25) is 0 Å². The molecule has 1 unspecified atom stereocenters. The summed E-state index contributed by atoms with van der Waals surface area (Å²) in [4.78, 5) is 4.27. The summed E-state index contributed by atoms with van der Waals surface area (Å²) >= 11 is 7.58. The van der Waals surface area contributed by atoms with Crippen molar-refractivity contribution in [3.63, 3.8) is 0 Å². The molecule has 0 aliphatic carbocycles. The molecule has 2 rings (SSSR count). The zero-order valence-electron chi connectivity index (χ0n) is 10.4. The first-order chi connectivity index (χ1) is 8.74. The lowest BCUT2D eigenvalue weighted by Gasteiger charge is -2.13. The SMILES string of the molecule is CC(Cc1ccc(Cl)cc1)NCCc1nccs1. The molecule has 1 heterocycles. The third-order valence-electron chi connectivity index (χ3n) is 2.77. The van der Waals surface area contributed by atoms with Gasteiger partial charge in [-0.05, 0) is 31.0 Å². The van der Waals surface area contributed by atoms with Crippen LogP contribution in [0.5, 0.6) is 0 Å². The monoisotopic (exact) mass is 280 g/mol. The molecule has 1 atom stereocenters. The van der Waals surface area contributed by atoms with E-state index in [1.54, 1.807) is 11.3 Å². The highest BCUT2D eigenvalue weighted by atomic mass is 35.5. The van der Waals surface area contributed by atoms with Crippen molar-refractivity contribution in [1.29, 1.82) is 0 Å². The standard InChI is InChI=1S/C14H17ClN2S/c1-11(10-12-2-4-13(15)5-3-12)16-7-6-14-17-8-9-18-14/h2-5,8-9,11,16H,6-7,10H2,1H3. The summed E-state index contributed by atoms with van der Waals surface area (Å²) in [6.45, 7) is 3.18. The van der Waals surface area contributed by atoms with Gasteiger partial charge in [-0.1, -0.05) is 23.7 Å². The number of nitrogens with zero attached hydrogens (tertiary/aromatic N) is 1. The molecule has 2 aromatic rings. The molecule has 4 heteroatoms. The molecule has 0 bridgehead atoms. The van der Waals surface area contributed by atoms with Gasteiger partial charge in [0, 0.05) is 35.6 Å². The summed E-state index contributed by atoms with van der Waals surface area (Å²) in [7, 11) is 0. The summed E-state index contributed by atoms with van der Waals surface area (Å²) < 4.78 is 0. The maximum Gasteiger partial charge on any atom is 0.0937 e. The van der Waals surface area contributed by atoms with Crippen molar-refractivity contribution in [2.75, 3.05) is 6.54 Å². The van der Waals surface area contributed by atoms with Gasteiger partial charge < -0.3 is 5.32 Å². The van der Waals surface area contributed by atoms with Gasteiger partial charge in [0.2, 0.25) is 0 Å². The highest BCUT2D eigenvalue weighted by Gasteiger charge is 2.03. The summed E-state index contributed by atoms with van der Waals surface area (Å²) in [5.41, 5.74) is 1.31. The Labute approximate surface area is 117 Å². The molecule has 1 aromatic carbocycles. The molecule has 0 radical (unpaired) electrons. The molecule has 96 valence electrons. The van der Waals surface area contributed by atoms with E-state index in [4.69, 9.17) is 11.6 Å². The zero-order valence-corrected chi connectivity index (χ0v) is 12.0. The van der Waals surface area contributed by atoms with E-state index < -0.39 is 0 Å². The van der Waals surface area contributed by atoms with Gasteiger partial charge in [0.05, 0.1) is 5.01 Å². The van der Waals surface area contributed by atoms with Crippen molar-refractivity contribution >= 4 is 22.9 Å². The maximum absolute atomic E-state index is 5.87. The number of benzene rings is 1. The number of aromatic nitrogens is 1. The topological polar surface area (TPSA) is 24.9 Å². The molecule has 0 saturated carbocycles. The Morgan fingerprint density at radius 2 is 2.11 bits per heavy atom. The first-order valence-corrected chi connectivity index (χ1v) is 7.36. The quantitative estimate of drug-likeness (QED) is 0.875. The fourth-order valence-corrected chi connectivity index (χ4v) is 2.59. The van der Waals surface area contributed by atoms with Crippen LogP contribution in [0.4, 0.5) is 0 Å². The van der Waals surface area contributed by atoms with E-state index in [1.807, 2.05) is 23.7 Å². The van der Waals surface area contributed by atoms with Gasteiger partial charge in [0.1, 0.15) is 0 Å². The van der Waals surface area contributed by atoms with E-state index in [0.29, 0.717) is 6.04 Å². The number of thiazole rings is 1. The Bertz CT molecular complexity index is 453. The van der Waals surface area contributed by atoms with E-state index in [1.165, 1.54) is 10.6 Å². The lowest BCUT2D eigenvalue weighted by Crippen LogP contribution is -2.29. The smallest absolute Gasteiger partial charge is 0.0937 e. The van der Waals surface area contributed by atoms with Crippen LogP contribution < -0.4 is 5.32 Å². The van der Waals surface area contributed by atoms with E-state index in [2.05, 4.69) is 29.4 Å². The van der Waals surface area contributed by atoms with E-state index in [0.717, 1.165) is 24.4 Å². The minimum absolute atomic E-state index is 0.464. The molecular weight excluding hydrogens is 264 g/mol. The van der Waals surface area contributed by atoms with Crippen molar-refractivity contribution in [3.8, 4) is 0 Å². The summed E-state index contributed by atoms with van der Waals surface area (Å²) in [5.74, 6) is 0. The van der Waals surface area contributed by atoms with Gasteiger partial charge in [-0.25, -0.2) is 4.98 Å². The largest absolute Gasteiger partial charge is 0.314 e. The van der Waals surface area contributed by atoms with Crippen molar-refractivity contribution < 1.29 is 0 Å². The van der Waals surface area contributed by atoms with E-state index in [-0.39, 0.29) is 0 Å². The average molecular weight is 281 g/mol. The first-order valence-electron chi connectivity index (χ1n) is 6.10. The van der Waals surface area contributed by atoms with Crippen LogP contribution in [0, 0.1) is 0 Å². The third kappa shape index (κ3) is 4.41. The molecule has 0 aliphatic heterocycles. The number of hydrogen-bond donors (Lipinski definition) is 1. The van der Waals surface area contributed by atoms with Crippen LogP contribution in [-0.2, 0) is 12.8 Å². The summed E-state index contributed by atoms with van der Waals surface area (Å²) in [5, 5.41) is 7.53. The zero-order chi connectivity index (χ0) is 12.8. The Kier molecular flexibility index (Phi) is 5.17. The molecule has 18 heavy (non-hydrogen) atoms. The summed E-state index contributed by atoms with van der Waals surface area (Å²) in [6, 6.07) is 8.52. The lowest BCUT2D eigenvalue weighted by molar-refractivity contribution is 0.548. The van der Waals surface area contributed by atoms with Crippen molar-refractivity contribution in [2.45, 2.75) is 25.8 Å². The second-order valence-electron chi connectivity index (χ2n) is 4.36. The minimum Gasteiger partial charge on any atom is -0.314 e. The van der Waals surface area contributed by atoms with Crippen LogP contribution >= 0.6 is 22.9 Å². The van der Waals surface area contributed by atoms with Gasteiger partial charge in [-0.15, -0.1) is 11.3 Å². The van der Waals surface area contributed by atoms with Crippen LogP contribution in [0.2, 0.25) is 5.02 Å². The van der Waals surface area contributed by atoms with Crippen LogP contribution in [0.15, 0.2) is 35.8 Å². The molecule has 1 aromatic heterocycles. The Morgan fingerprint density at radius 1 is 1.33 bits per heavy atom. The summed E-state index contributed by atoms with van der Waals surface area (Å²) in [6.07, 6.45) is 3.88. The molecular formula is C14H17ClN2S. The van der Waals surface area contributed by atoms with Crippen molar-refractivity contribution in [1.82, 2.24) is 10.3 Å². The first kappa shape index (κ1) is 13.5. The van der Waals surface area contributed by atoms with Crippen LogP contribution in [0.25, 0.3) is 0 Å². The second kappa shape index (κ2) is 6.88. The Hall–Kier alpha value is -0.900. The fourth-order valence-electron chi connectivity index (χ4n) is 1.85.